The van der Waals surface area contributed by atoms with Crippen LogP contribution < -0.4 is 21.4 Å². The van der Waals surface area contributed by atoms with Gasteiger partial charge in [0.2, 0.25) is 5.91 Å². The molecule has 5 atom stereocenters. The lowest BCUT2D eigenvalue weighted by Crippen LogP contribution is -2.62. The van der Waals surface area contributed by atoms with E-state index in [0.717, 1.165) is 65.0 Å². The summed E-state index contributed by atoms with van der Waals surface area (Å²) in [6.07, 6.45) is 7.75. The van der Waals surface area contributed by atoms with Crippen molar-refractivity contribution in [3.8, 4) is 0 Å². The van der Waals surface area contributed by atoms with Crippen molar-refractivity contribution in [1.29, 1.82) is 0 Å². The number of fused-ring (bicyclic) bond motifs is 1. The Bertz CT molecular complexity index is 789. The maximum Gasteiger partial charge on any atom is 0.241 e. The van der Waals surface area contributed by atoms with Gasteiger partial charge >= 0.3 is 0 Å². The predicted molar refractivity (Wildman–Crippen MR) is 125 cm³/mol. The lowest BCUT2D eigenvalue weighted by molar-refractivity contribution is -0.128. The largest absolute Gasteiger partial charge is 0.379 e. The summed E-state index contributed by atoms with van der Waals surface area (Å²) < 4.78 is 20.0. The molecule has 4 saturated heterocycles. The second-order valence-electron chi connectivity index (χ2n) is 9.78. The first kappa shape index (κ1) is 23.7. The molecule has 0 radical (unpaired) electrons. The quantitative estimate of drug-likeness (QED) is 0.470. The molecule has 10 heteroatoms. The van der Waals surface area contributed by atoms with Crippen LogP contribution in [0, 0.1) is 0 Å². The maximum absolute atomic E-state index is 14.6. The fourth-order valence-corrected chi connectivity index (χ4v) is 6.12. The normalized spacial score (nSPS) is 36.4. The zero-order valence-corrected chi connectivity index (χ0v) is 19.9. The van der Waals surface area contributed by atoms with Crippen LogP contribution in [0.15, 0.2) is 22.5 Å². The van der Waals surface area contributed by atoms with E-state index in [9.17, 15) is 9.18 Å². The molecule has 33 heavy (non-hydrogen) atoms. The van der Waals surface area contributed by atoms with Crippen molar-refractivity contribution in [2.24, 2.45) is 0 Å². The highest BCUT2D eigenvalue weighted by molar-refractivity contribution is 6.32. The summed E-state index contributed by atoms with van der Waals surface area (Å²) >= 11 is 6.36. The SMILES string of the molecule is O=C(NC1CCCC(CN2CCOCC2)N1)C1CNC2CCC(C3=C(F)CCC=C3Cl)NN21. The van der Waals surface area contributed by atoms with Gasteiger partial charge in [-0.05, 0) is 38.5 Å². The van der Waals surface area contributed by atoms with Gasteiger partial charge < -0.3 is 10.1 Å². The number of nitrogens with zero attached hydrogens (tertiary/aromatic N) is 2. The number of nitrogens with one attached hydrogen (secondary N) is 4. The van der Waals surface area contributed by atoms with Crippen LogP contribution in [0.1, 0.15) is 44.9 Å². The third-order valence-corrected chi connectivity index (χ3v) is 7.88. The van der Waals surface area contributed by atoms with Crippen LogP contribution in [-0.4, -0.2) is 85.7 Å². The van der Waals surface area contributed by atoms with Gasteiger partial charge in [0.25, 0.3) is 0 Å². The number of rotatable bonds is 5. The number of hydrogen-bond donors (Lipinski definition) is 4. The molecule has 5 unspecified atom stereocenters. The highest BCUT2D eigenvalue weighted by Gasteiger charge is 2.43. The van der Waals surface area contributed by atoms with Crippen LogP contribution in [0.25, 0.3) is 0 Å². The molecule has 4 aliphatic heterocycles. The summed E-state index contributed by atoms with van der Waals surface area (Å²) in [5.41, 5.74) is 3.99. The fourth-order valence-electron chi connectivity index (χ4n) is 5.78. The predicted octanol–water partition coefficient (Wildman–Crippen LogP) is 1.31. The molecule has 4 fully saturated rings. The number of piperidine rings is 1. The Morgan fingerprint density at radius 3 is 2.91 bits per heavy atom. The molecule has 4 N–H and O–H groups in total. The molecule has 0 bridgehead atoms. The Morgan fingerprint density at radius 2 is 2.09 bits per heavy atom. The number of halogens is 2. The smallest absolute Gasteiger partial charge is 0.241 e. The molecule has 0 aromatic carbocycles. The van der Waals surface area contributed by atoms with E-state index in [1.54, 1.807) is 0 Å². The zero-order valence-electron chi connectivity index (χ0n) is 19.1. The summed E-state index contributed by atoms with van der Waals surface area (Å²) in [5.74, 6) is -0.133. The molecule has 5 rings (SSSR count). The molecule has 1 aliphatic carbocycles. The van der Waals surface area contributed by atoms with Gasteiger partial charge in [0.05, 0.1) is 31.6 Å². The highest BCUT2D eigenvalue weighted by atomic mass is 35.5. The highest BCUT2D eigenvalue weighted by Crippen LogP contribution is 2.35. The van der Waals surface area contributed by atoms with E-state index in [4.69, 9.17) is 16.3 Å². The number of allylic oxidation sites excluding steroid dienone is 2. The molecule has 1 amide bonds. The minimum atomic E-state index is -0.339. The van der Waals surface area contributed by atoms with Crippen molar-refractivity contribution in [3.05, 3.63) is 22.5 Å². The number of carbonyl (C=O) groups is 1. The number of hydrogen-bond acceptors (Lipinski definition) is 7. The number of hydrazine groups is 1. The van der Waals surface area contributed by atoms with E-state index >= 15 is 0 Å². The first-order chi connectivity index (χ1) is 16.1. The number of ether oxygens (including phenoxy) is 1. The number of amides is 1. The molecular formula is C23H36ClFN6O2. The molecule has 5 aliphatic rings. The summed E-state index contributed by atoms with van der Waals surface area (Å²) in [4.78, 5) is 15.7. The van der Waals surface area contributed by atoms with E-state index in [-0.39, 0.29) is 36.1 Å². The second-order valence-corrected chi connectivity index (χ2v) is 10.2. The minimum absolute atomic E-state index is 0.00223. The van der Waals surface area contributed by atoms with Crippen LogP contribution in [0.2, 0.25) is 0 Å². The molecule has 0 saturated carbocycles. The maximum atomic E-state index is 14.6. The minimum Gasteiger partial charge on any atom is -0.379 e. The second kappa shape index (κ2) is 10.7. The van der Waals surface area contributed by atoms with Crippen molar-refractivity contribution < 1.29 is 13.9 Å². The van der Waals surface area contributed by atoms with Crippen molar-refractivity contribution in [3.63, 3.8) is 0 Å². The average molecular weight is 483 g/mol. The first-order valence-electron chi connectivity index (χ1n) is 12.5. The molecule has 184 valence electrons. The van der Waals surface area contributed by atoms with Crippen LogP contribution in [0.5, 0.6) is 0 Å². The Hall–Kier alpha value is -1.07. The van der Waals surface area contributed by atoms with Gasteiger partial charge in [0, 0.05) is 49.2 Å². The first-order valence-corrected chi connectivity index (χ1v) is 12.9. The van der Waals surface area contributed by atoms with Gasteiger partial charge in [-0.1, -0.05) is 17.7 Å². The van der Waals surface area contributed by atoms with Gasteiger partial charge in [-0.3, -0.25) is 20.3 Å². The lowest BCUT2D eigenvalue weighted by Gasteiger charge is -2.40. The standard InChI is InChI=1S/C23H36ClFN6O2/c24-16-4-2-5-17(25)22(16)18-7-8-21-26-13-19(31(21)29-18)23(32)28-20-6-1-3-15(27-20)14-30-9-11-33-12-10-30/h4,15,18-21,26-27,29H,1-3,5-14H2,(H,28,32). The Kier molecular flexibility index (Phi) is 7.66. The van der Waals surface area contributed by atoms with Gasteiger partial charge in [0.15, 0.2) is 0 Å². The Labute approximate surface area is 200 Å². The Balaban J connectivity index is 1.17. The molecular weight excluding hydrogens is 447 g/mol. The molecule has 4 heterocycles. The van der Waals surface area contributed by atoms with Gasteiger partial charge in [-0.25, -0.2) is 14.8 Å². The summed E-state index contributed by atoms with van der Waals surface area (Å²) in [5, 5.41) is 12.8. The van der Waals surface area contributed by atoms with E-state index in [1.807, 2.05) is 11.1 Å². The van der Waals surface area contributed by atoms with Gasteiger partial charge in [-0.15, -0.1) is 0 Å². The molecule has 0 aromatic rings. The van der Waals surface area contributed by atoms with Crippen LogP contribution >= 0.6 is 11.6 Å². The van der Waals surface area contributed by atoms with Crippen molar-refractivity contribution in [1.82, 2.24) is 31.3 Å². The van der Waals surface area contributed by atoms with Crippen molar-refractivity contribution in [2.45, 2.75) is 75.4 Å². The Morgan fingerprint density at radius 1 is 1.24 bits per heavy atom. The number of morpholine rings is 1. The van der Waals surface area contributed by atoms with E-state index < -0.39 is 0 Å². The molecule has 0 spiro atoms. The topological polar surface area (TPSA) is 80.9 Å². The molecule has 0 aromatic heterocycles. The van der Waals surface area contributed by atoms with Gasteiger partial charge in [-0.2, -0.15) is 0 Å². The van der Waals surface area contributed by atoms with Crippen LogP contribution in [0.4, 0.5) is 4.39 Å². The van der Waals surface area contributed by atoms with E-state index in [2.05, 4.69) is 26.3 Å². The molecule has 8 nitrogen and oxygen atoms in total. The summed E-state index contributed by atoms with van der Waals surface area (Å²) in [6.45, 7) is 5.12. The third kappa shape index (κ3) is 5.45. The fraction of sp³-hybridized carbons (Fsp3) is 0.783. The van der Waals surface area contributed by atoms with Crippen LogP contribution in [0.3, 0.4) is 0 Å². The monoisotopic (exact) mass is 482 g/mol. The number of carbonyl (C=O) groups excluding carboxylic acids is 1. The average Bonchev–Trinajstić information content (AvgIpc) is 3.23. The third-order valence-electron chi connectivity index (χ3n) is 7.52. The van der Waals surface area contributed by atoms with Crippen molar-refractivity contribution >= 4 is 17.5 Å². The zero-order chi connectivity index (χ0) is 22.8. The van der Waals surface area contributed by atoms with Crippen molar-refractivity contribution in [2.75, 3.05) is 39.4 Å². The van der Waals surface area contributed by atoms with Crippen LogP contribution in [-0.2, 0) is 9.53 Å². The summed E-state index contributed by atoms with van der Waals surface area (Å²) in [7, 11) is 0. The van der Waals surface area contributed by atoms with E-state index in [0.29, 0.717) is 36.0 Å². The lowest BCUT2D eigenvalue weighted by atomic mass is 9.94. The van der Waals surface area contributed by atoms with Gasteiger partial charge in [0.1, 0.15) is 11.9 Å². The summed E-state index contributed by atoms with van der Waals surface area (Å²) in [6, 6.07) is -0.162. The van der Waals surface area contributed by atoms with E-state index in [1.165, 1.54) is 0 Å².